The second-order valence-corrected chi connectivity index (χ2v) is 4.05. The van der Waals surface area contributed by atoms with Crippen LogP contribution in [0, 0.1) is 5.82 Å². The van der Waals surface area contributed by atoms with E-state index in [1.807, 2.05) is 0 Å². The highest BCUT2D eigenvalue weighted by Crippen LogP contribution is 2.34. The molecule has 0 spiro atoms. The van der Waals surface area contributed by atoms with Gasteiger partial charge in [-0.05, 0) is 25.1 Å². The van der Waals surface area contributed by atoms with Crippen molar-refractivity contribution in [2.75, 3.05) is 6.61 Å². The van der Waals surface area contributed by atoms with Crippen LogP contribution in [0.2, 0.25) is 0 Å². The minimum absolute atomic E-state index is 0.348. The minimum Gasteiger partial charge on any atom is -0.462 e. The van der Waals surface area contributed by atoms with E-state index in [1.54, 1.807) is 0 Å². The Kier molecular flexibility index (Phi) is 5.28. The molecule has 1 aromatic carbocycles. The minimum atomic E-state index is -5.09. The van der Waals surface area contributed by atoms with E-state index in [1.165, 1.54) is 6.92 Å². The molecule has 0 amide bonds. The van der Waals surface area contributed by atoms with Gasteiger partial charge in [0.25, 0.3) is 0 Å². The second-order valence-electron chi connectivity index (χ2n) is 4.05. The van der Waals surface area contributed by atoms with Gasteiger partial charge in [0.15, 0.2) is 0 Å². The quantitative estimate of drug-likeness (QED) is 0.666. The average molecular weight is 331 g/mol. The fourth-order valence-corrected chi connectivity index (χ4v) is 1.51. The Labute approximate surface area is 120 Å². The predicted octanol–water partition coefficient (Wildman–Crippen LogP) is 2.92. The number of halogens is 6. The van der Waals surface area contributed by atoms with Crippen LogP contribution in [0.25, 0.3) is 0 Å². The van der Waals surface area contributed by atoms with Crippen molar-refractivity contribution in [3.05, 3.63) is 29.6 Å². The average Bonchev–Trinajstić information content (AvgIpc) is 2.38. The summed E-state index contributed by atoms with van der Waals surface area (Å²) in [5.41, 5.74) is 4.10. The van der Waals surface area contributed by atoms with Gasteiger partial charge in [0.2, 0.25) is 0 Å². The summed E-state index contributed by atoms with van der Waals surface area (Å²) >= 11 is 0. The summed E-state index contributed by atoms with van der Waals surface area (Å²) in [6.45, 7) is 0.888. The smallest absolute Gasteiger partial charge is 0.462 e. The van der Waals surface area contributed by atoms with Gasteiger partial charge in [0, 0.05) is 5.56 Å². The SMILES string of the molecule is CCOC(=O)C(F)(F)[C@H](N)c1cc(OC(F)(F)F)ccc1F. The first-order valence-electron chi connectivity index (χ1n) is 5.84. The number of rotatable bonds is 5. The van der Waals surface area contributed by atoms with Crippen molar-refractivity contribution in [2.24, 2.45) is 5.73 Å². The van der Waals surface area contributed by atoms with Gasteiger partial charge >= 0.3 is 18.3 Å². The zero-order valence-electron chi connectivity index (χ0n) is 11.1. The normalized spacial score (nSPS) is 13.6. The summed E-state index contributed by atoms with van der Waals surface area (Å²) in [4.78, 5) is 11.1. The molecule has 0 saturated carbocycles. The Morgan fingerprint density at radius 2 is 1.86 bits per heavy atom. The maximum Gasteiger partial charge on any atom is 0.573 e. The molecule has 22 heavy (non-hydrogen) atoms. The number of ether oxygens (including phenoxy) is 2. The molecule has 0 aliphatic heterocycles. The lowest BCUT2D eigenvalue weighted by Crippen LogP contribution is -2.42. The molecule has 0 saturated heterocycles. The van der Waals surface area contributed by atoms with Crippen LogP contribution in [0.4, 0.5) is 26.3 Å². The van der Waals surface area contributed by atoms with E-state index in [9.17, 15) is 31.1 Å². The largest absolute Gasteiger partial charge is 0.573 e. The Balaban J connectivity index is 3.14. The molecule has 4 nitrogen and oxygen atoms in total. The number of carbonyl (C=O) groups is 1. The predicted molar refractivity (Wildman–Crippen MR) is 61.6 cm³/mol. The van der Waals surface area contributed by atoms with Crippen LogP contribution in [-0.4, -0.2) is 24.9 Å². The number of benzene rings is 1. The highest BCUT2D eigenvalue weighted by Gasteiger charge is 2.48. The summed E-state index contributed by atoms with van der Waals surface area (Å²) in [5, 5.41) is 0. The number of hydrogen-bond donors (Lipinski definition) is 1. The van der Waals surface area contributed by atoms with E-state index in [-0.39, 0.29) is 6.61 Å². The van der Waals surface area contributed by atoms with Crippen molar-refractivity contribution in [1.82, 2.24) is 0 Å². The van der Waals surface area contributed by atoms with Crippen LogP contribution in [0.15, 0.2) is 18.2 Å². The van der Waals surface area contributed by atoms with Crippen LogP contribution in [0.3, 0.4) is 0 Å². The lowest BCUT2D eigenvalue weighted by atomic mass is 10.0. The number of hydrogen-bond acceptors (Lipinski definition) is 4. The fourth-order valence-electron chi connectivity index (χ4n) is 1.51. The molecule has 2 N–H and O–H groups in total. The fraction of sp³-hybridized carbons (Fsp3) is 0.417. The zero-order valence-corrected chi connectivity index (χ0v) is 11.1. The van der Waals surface area contributed by atoms with Crippen molar-refractivity contribution < 1.29 is 40.6 Å². The molecule has 0 aromatic heterocycles. The number of nitrogens with two attached hydrogens (primary N) is 1. The molecule has 0 fully saturated rings. The third kappa shape index (κ3) is 4.26. The van der Waals surface area contributed by atoms with E-state index < -0.39 is 41.4 Å². The van der Waals surface area contributed by atoms with Gasteiger partial charge in [0.1, 0.15) is 17.6 Å². The molecule has 124 valence electrons. The standard InChI is InChI=1S/C12H11F6NO3/c1-2-21-10(20)11(14,15)9(19)7-5-6(3-4-8(7)13)22-12(16,17)18/h3-5,9H,2,19H2,1H3/t9-/m1/s1. The number of esters is 1. The molecular formula is C12H11F6NO3. The van der Waals surface area contributed by atoms with Crippen molar-refractivity contribution in [1.29, 1.82) is 0 Å². The summed E-state index contributed by atoms with van der Waals surface area (Å²) in [5.74, 6) is -8.60. The van der Waals surface area contributed by atoms with E-state index in [4.69, 9.17) is 5.73 Å². The highest BCUT2D eigenvalue weighted by atomic mass is 19.4. The van der Waals surface area contributed by atoms with Crippen LogP contribution in [-0.2, 0) is 9.53 Å². The van der Waals surface area contributed by atoms with Crippen molar-refractivity contribution in [3.8, 4) is 5.75 Å². The molecule has 0 unspecified atom stereocenters. The molecule has 10 heteroatoms. The molecule has 1 rings (SSSR count). The summed E-state index contributed by atoms with van der Waals surface area (Å²) in [6.07, 6.45) is -5.09. The van der Waals surface area contributed by atoms with Gasteiger partial charge in [-0.15, -0.1) is 13.2 Å². The second kappa shape index (κ2) is 6.42. The molecule has 1 atom stereocenters. The first-order chi connectivity index (χ1) is 9.99. The molecular weight excluding hydrogens is 320 g/mol. The van der Waals surface area contributed by atoms with Crippen LogP contribution in [0.1, 0.15) is 18.5 Å². The maximum absolute atomic E-state index is 13.7. The van der Waals surface area contributed by atoms with Crippen LogP contribution >= 0.6 is 0 Å². The third-order valence-electron chi connectivity index (χ3n) is 2.47. The number of carbonyl (C=O) groups excluding carboxylic acids is 1. The van der Waals surface area contributed by atoms with Gasteiger partial charge < -0.3 is 15.2 Å². The molecule has 0 heterocycles. The van der Waals surface area contributed by atoms with Gasteiger partial charge in [-0.1, -0.05) is 0 Å². The first-order valence-corrected chi connectivity index (χ1v) is 5.84. The lowest BCUT2D eigenvalue weighted by molar-refractivity contribution is -0.274. The van der Waals surface area contributed by atoms with Gasteiger partial charge in [-0.3, -0.25) is 0 Å². The third-order valence-corrected chi connectivity index (χ3v) is 2.47. The van der Waals surface area contributed by atoms with Crippen LogP contribution in [0.5, 0.6) is 5.75 Å². The highest BCUT2D eigenvalue weighted by molar-refractivity contribution is 5.79. The molecule has 0 bridgehead atoms. The van der Waals surface area contributed by atoms with Crippen molar-refractivity contribution >= 4 is 5.97 Å². The molecule has 0 radical (unpaired) electrons. The van der Waals surface area contributed by atoms with Crippen molar-refractivity contribution in [2.45, 2.75) is 25.3 Å². The number of alkyl halides is 5. The first kappa shape index (κ1) is 18.1. The molecule has 0 aliphatic carbocycles. The topological polar surface area (TPSA) is 61.5 Å². The van der Waals surface area contributed by atoms with Crippen LogP contribution < -0.4 is 10.5 Å². The Bertz CT molecular complexity index is 546. The summed E-state index contributed by atoms with van der Waals surface area (Å²) in [7, 11) is 0. The van der Waals surface area contributed by atoms with Gasteiger partial charge in [-0.2, -0.15) is 8.78 Å². The van der Waals surface area contributed by atoms with E-state index in [0.29, 0.717) is 18.2 Å². The molecule has 0 aliphatic rings. The summed E-state index contributed by atoms with van der Waals surface area (Å²) < 4.78 is 84.7. The lowest BCUT2D eigenvalue weighted by Gasteiger charge is -2.22. The Hall–Kier alpha value is -1.97. The van der Waals surface area contributed by atoms with Gasteiger partial charge in [-0.25, -0.2) is 9.18 Å². The van der Waals surface area contributed by atoms with Crippen molar-refractivity contribution in [3.63, 3.8) is 0 Å². The zero-order chi connectivity index (χ0) is 17.1. The summed E-state index contributed by atoms with van der Waals surface area (Å²) in [6, 6.07) is -1.14. The Morgan fingerprint density at radius 3 is 2.36 bits per heavy atom. The van der Waals surface area contributed by atoms with E-state index in [0.717, 1.165) is 0 Å². The van der Waals surface area contributed by atoms with E-state index >= 15 is 0 Å². The monoisotopic (exact) mass is 331 g/mol. The maximum atomic E-state index is 13.7. The Morgan fingerprint density at radius 1 is 1.27 bits per heavy atom. The van der Waals surface area contributed by atoms with E-state index in [2.05, 4.69) is 9.47 Å². The van der Waals surface area contributed by atoms with Gasteiger partial charge in [0.05, 0.1) is 6.61 Å². The molecule has 1 aromatic rings.